The molecule has 0 unspecified atom stereocenters. The Hall–Kier alpha value is -17.4. The lowest BCUT2D eigenvalue weighted by Gasteiger charge is -2.18. The second kappa shape index (κ2) is 36.5. The average Bonchev–Trinajstić information content (AvgIpc) is 0.762. The van der Waals surface area contributed by atoms with Crippen molar-refractivity contribution < 1.29 is 0 Å². The third-order valence-electron chi connectivity index (χ3n) is 25.4. The summed E-state index contributed by atoms with van der Waals surface area (Å²) in [7, 11) is 0. The molecule has 3 heteroatoms. The van der Waals surface area contributed by atoms with E-state index in [1.807, 2.05) is 18.6 Å². The molecule has 0 saturated carbocycles. The van der Waals surface area contributed by atoms with Crippen LogP contribution in [0.2, 0.25) is 0 Å². The highest BCUT2D eigenvalue weighted by atomic mass is 14.7. The molecule has 3 nitrogen and oxygen atoms in total. The highest BCUT2D eigenvalue weighted by Gasteiger charge is 2.21. The Labute approximate surface area is 771 Å². The summed E-state index contributed by atoms with van der Waals surface area (Å²) in [6.45, 7) is 0. The third kappa shape index (κ3) is 17.2. The molecule has 0 radical (unpaired) electrons. The topological polar surface area (TPSA) is 38.7 Å². The number of hydrogen-bond donors (Lipinski definition) is 0. The quantitative estimate of drug-likeness (QED) is 0.0720. The maximum Gasteiger partial charge on any atom is 0.0702 e. The Balaban J connectivity index is 0.592. The highest BCUT2D eigenvalue weighted by molar-refractivity contribution is 5.96. The Morgan fingerprint density at radius 2 is 0.220 bits per heavy atom. The molecule has 0 N–H and O–H groups in total. The molecule has 0 bridgehead atoms. The zero-order valence-electron chi connectivity index (χ0n) is 72.6. The summed E-state index contributed by atoms with van der Waals surface area (Å²) in [6, 6.07) is 185. The second-order valence-corrected chi connectivity index (χ2v) is 33.8. The van der Waals surface area contributed by atoms with E-state index in [0.717, 1.165) is 167 Å². The van der Waals surface area contributed by atoms with Crippen molar-refractivity contribution in [1.29, 1.82) is 0 Å². The summed E-state index contributed by atoms with van der Waals surface area (Å²) in [5.74, 6) is 0. The van der Waals surface area contributed by atoms with Gasteiger partial charge in [0.05, 0.1) is 17.1 Å². The van der Waals surface area contributed by atoms with E-state index in [4.69, 9.17) is 15.0 Å². The van der Waals surface area contributed by atoms with Gasteiger partial charge in [0, 0.05) is 52.0 Å². The standard InChI is InChI=1S/C129H87N3/c1-7-31-88(32-8-1)109-73-110(89-33-9-2-10-34-89)77-115(76-109)100-49-25-43-94(67-100)97-46-28-52-103(70-97)127-64-61-106(85-130-127)121-55-19-22-58-124(121)118-82-119(125-59-23-20-56-122(125)107-62-65-128(131-86-107)104-53-29-47-98(71-104)95-44-26-50-101(68-95)116-78-111(90-35-11-3-12-36-90)74-112(79-116)91-37-13-4-14-38-91)84-120(83-118)126-60-24-21-57-123(126)108-63-66-129(132-87-108)105-54-30-48-99(72-105)96-45-27-51-102(69-96)117-80-113(92-39-15-5-16-40-92)75-114(81-117)93-41-17-6-18-42-93/h1-87H. The van der Waals surface area contributed by atoms with Crippen molar-refractivity contribution in [2.24, 2.45) is 0 Å². The fraction of sp³-hybridized carbons (Fsp3) is 0. The van der Waals surface area contributed by atoms with Gasteiger partial charge in [0.25, 0.3) is 0 Å². The Bertz CT molecular complexity index is 6990. The summed E-state index contributed by atoms with van der Waals surface area (Å²) in [5.41, 5.74) is 46.4. The minimum absolute atomic E-state index is 0.893. The predicted molar refractivity (Wildman–Crippen MR) is 554 cm³/mol. The normalized spacial score (nSPS) is 11.2. The molecule has 0 aliphatic rings. The molecule has 0 aliphatic heterocycles. The van der Waals surface area contributed by atoms with E-state index in [-0.39, 0.29) is 0 Å². The molecule has 22 rings (SSSR count). The van der Waals surface area contributed by atoms with Crippen LogP contribution in [0.4, 0.5) is 0 Å². The number of pyridine rings is 3. The van der Waals surface area contributed by atoms with E-state index in [0.29, 0.717) is 0 Å². The first kappa shape index (κ1) is 80.5. The third-order valence-corrected chi connectivity index (χ3v) is 25.4. The first-order valence-electron chi connectivity index (χ1n) is 45.1. The molecule has 0 amide bonds. The molecule has 19 aromatic carbocycles. The van der Waals surface area contributed by atoms with E-state index >= 15 is 0 Å². The number of aromatic nitrogens is 3. The first-order valence-corrected chi connectivity index (χ1v) is 45.1. The zero-order valence-corrected chi connectivity index (χ0v) is 72.6. The maximum absolute atomic E-state index is 5.30. The zero-order chi connectivity index (χ0) is 87.9. The van der Waals surface area contributed by atoms with Crippen LogP contribution in [0.25, 0.3) is 234 Å². The fourth-order valence-corrected chi connectivity index (χ4v) is 18.6. The van der Waals surface area contributed by atoms with Crippen molar-refractivity contribution in [3.05, 3.63) is 528 Å². The number of hydrogen-bond acceptors (Lipinski definition) is 3. The summed E-state index contributed by atoms with van der Waals surface area (Å²) >= 11 is 0. The molecule has 22 aromatic rings. The number of rotatable bonds is 21. The van der Waals surface area contributed by atoms with Crippen LogP contribution in [0, 0.1) is 0 Å². The summed E-state index contributed by atoms with van der Waals surface area (Å²) in [4.78, 5) is 15.9. The molecule has 0 spiro atoms. The summed E-state index contributed by atoms with van der Waals surface area (Å²) < 4.78 is 0. The van der Waals surface area contributed by atoms with Gasteiger partial charge in [-0.1, -0.05) is 382 Å². The molecule has 0 fully saturated rings. The van der Waals surface area contributed by atoms with Gasteiger partial charge in [0.1, 0.15) is 0 Å². The highest BCUT2D eigenvalue weighted by Crippen LogP contribution is 2.46. The van der Waals surface area contributed by atoms with Gasteiger partial charge < -0.3 is 0 Å². The molecular formula is C129H87N3. The fourth-order valence-electron chi connectivity index (χ4n) is 18.6. The van der Waals surface area contributed by atoms with Gasteiger partial charge in [-0.3, -0.25) is 15.0 Å². The first-order chi connectivity index (χ1) is 65.3. The SMILES string of the molecule is c1ccc(-c2cc(-c3ccccc3)cc(-c3cccc(-c4cccc(-c5ccc(-c6ccccc6-c6cc(-c7ccccc7-c7ccc(-c8cccc(-c9cccc(-c%10cc(-c%11ccccc%11)cc(-c%11ccccc%11)c%10)c9)c8)nc7)cc(-c7ccccc7-c7ccc(-c8cccc(-c9cccc(-c%10cc(-c%11ccccc%11)cc(-c%11ccccc%11)c%10)c9)c8)nc7)c6)cn5)c4)c3)c2)cc1. The predicted octanol–water partition coefficient (Wildman–Crippen LogP) is 34.9. The molecule has 618 valence electrons. The van der Waals surface area contributed by atoms with E-state index in [2.05, 4.69) is 510 Å². The molecule has 3 heterocycles. The minimum Gasteiger partial charge on any atom is -0.256 e. The van der Waals surface area contributed by atoms with Crippen LogP contribution in [-0.4, -0.2) is 15.0 Å². The molecule has 132 heavy (non-hydrogen) atoms. The molecule has 0 atom stereocenters. The lowest BCUT2D eigenvalue weighted by Crippen LogP contribution is -1.93. The minimum atomic E-state index is 0.893. The Kier molecular flexibility index (Phi) is 22.3. The smallest absolute Gasteiger partial charge is 0.0702 e. The van der Waals surface area contributed by atoms with Crippen molar-refractivity contribution >= 4 is 0 Å². The van der Waals surface area contributed by atoms with E-state index in [9.17, 15) is 0 Å². The van der Waals surface area contributed by atoms with Crippen molar-refractivity contribution in [3.63, 3.8) is 0 Å². The number of benzene rings is 19. The van der Waals surface area contributed by atoms with Crippen LogP contribution in [-0.2, 0) is 0 Å². The van der Waals surface area contributed by atoms with Crippen LogP contribution in [0.5, 0.6) is 0 Å². The van der Waals surface area contributed by atoms with E-state index in [1.165, 1.54) is 66.8 Å². The van der Waals surface area contributed by atoms with Gasteiger partial charge in [0.2, 0.25) is 0 Å². The summed E-state index contributed by atoms with van der Waals surface area (Å²) in [5, 5.41) is 0. The van der Waals surface area contributed by atoms with Gasteiger partial charge in [0.15, 0.2) is 0 Å². The molecule has 3 aromatic heterocycles. The lowest BCUT2D eigenvalue weighted by molar-refractivity contribution is 1.32. The molecule has 0 saturated heterocycles. The van der Waals surface area contributed by atoms with Crippen LogP contribution in [0.1, 0.15) is 0 Å². The van der Waals surface area contributed by atoms with Crippen LogP contribution < -0.4 is 0 Å². The largest absolute Gasteiger partial charge is 0.256 e. The van der Waals surface area contributed by atoms with Gasteiger partial charge >= 0.3 is 0 Å². The van der Waals surface area contributed by atoms with Gasteiger partial charge in [-0.25, -0.2) is 0 Å². The van der Waals surface area contributed by atoms with E-state index < -0.39 is 0 Å². The maximum atomic E-state index is 5.30. The summed E-state index contributed by atoms with van der Waals surface area (Å²) in [6.07, 6.45) is 6.12. The van der Waals surface area contributed by atoms with Crippen molar-refractivity contribution in [2.45, 2.75) is 0 Å². The molecule has 0 aliphatic carbocycles. The second-order valence-electron chi connectivity index (χ2n) is 33.8. The van der Waals surface area contributed by atoms with Crippen molar-refractivity contribution in [2.75, 3.05) is 0 Å². The van der Waals surface area contributed by atoms with Crippen molar-refractivity contribution in [1.82, 2.24) is 15.0 Å². The van der Waals surface area contributed by atoms with Gasteiger partial charge in [-0.05, 0) is 311 Å². The van der Waals surface area contributed by atoms with Crippen LogP contribution >= 0.6 is 0 Å². The van der Waals surface area contributed by atoms with Crippen molar-refractivity contribution in [3.8, 4) is 234 Å². The monoisotopic (exact) mass is 1680 g/mol. The Morgan fingerprint density at radius 3 is 0.409 bits per heavy atom. The van der Waals surface area contributed by atoms with Gasteiger partial charge in [-0.2, -0.15) is 0 Å². The van der Waals surface area contributed by atoms with Crippen LogP contribution in [0.3, 0.4) is 0 Å². The lowest BCUT2D eigenvalue weighted by atomic mass is 9.86. The van der Waals surface area contributed by atoms with Gasteiger partial charge in [-0.15, -0.1) is 0 Å². The molecular weight excluding hydrogens is 1590 g/mol. The average molecular weight is 1680 g/mol. The Morgan fingerprint density at radius 1 is 0.0833 bits per heavy atom. The number of nitrogens with zero attached hydrogens (tertiary/aromatic N) is 3. The van der Waals surface area contributed by atoms with E-state index in [1.54, 1.807) is 0 Å². The van der Waals surface area contributed by atoms with Crippen LogP contribution in [0.15, 0.2) is 528 Å².